The van der Waals surface area contributed by atoms with E-state index in [1.807, 2.05) is 31.2 Å². The van der Waals surface area contributed by atoms with Gasteiger partial charge in [0.25, 0.3) is 5.22 Å². The van der Waals surface area contributed by atoms with Crippen molar-refractivity contribution in [1.82, 2.24) is 4.98 Å². The number of thioether (sulfide) groups is 1. The van der Waals surface area contributed by atoms with Crippen LogP contribution in [-0.4, -0.2) is 17.3 Å². The first kappa shape index (κ1) is 12.5. The molecule has 5 heteroatoms. The van der Waals surface area contributed by atoms with Gasteiger partial charge in [0, 0.05) is 10.2 Å². The Morgan fingerprint density at radius 3 is 3.06 bits per heavy atom. The second kappa shape index (κ2) is 6.12. The largest absolute Gasteiger partial charge is 0.493 e. The Bertz CT molecular complexity index is 487. The van der Waals surface area contributed by atoms with Gasteiger partial charge in [0.05, 0.1) is 12.3 Å². The van der Waals surface area contributed by atoms with Crippen molar-refractivity contribution in [2.75, 3.05) is 12.4 Å². The molecule has 2 aromatic rings. The molecule has 1 aromatic carbocycles. The van der Waals surface area contributed by atoms with Crippen molar-refractivity contribution in [3.63, 3.8) is 0 Å². The van der Waals surface area contributed by atoms with Crippen molar-refractivity contribution in [3.05, 3.63) is 40.7 Å². The van der Waals surface area contributed by atoms with E-state index in [1.54, 1.807) is 18.0 Å². The average molecular weight is 314 g/mol. The van der Waals surface area contributed by atoms with Gasteiger partial charge in [0.2, 0.25) is 0 Å². The van der Waals surface area contributed by atoms with E-state index in [1.165, 1.54) is 0 Å². The fourth-order valence-corrected chi connectivity index (χ4v) is 2.29. The van der Waals surface area contributed by atoms with Crippen LogP contribution in [0.25, 0.3) is 0 Å². The zero-order valence-corrected chi connectivity index (χ0v) is 11.8. The minimum Gasteiger partial charge on any atom is -0.493 e. The highest BCUT2D eigenvalue weighted by Gasteiger charge is 2.01. The molecule has 0 spiro atoms. The maximum absolute atomic E-state index is 5.60. The summed E-state index contributed by atoms with van der Waals surface area (Å²) >= 11 is 4.95. The summed E-state index contributed by atoms with van der Waals surface area (Å²) in [7, 11) is 0. The molecule has 0 fully saturated rings. The minimum absolute atomic E-state index is 0.628. The third-order valence-electron chi connectivity index (χ3n) is 1.97. The summed E-state index contributed by atoms with van der Waals surface area (Å²) < 4.78 is 11.8. The zero-order chi connectivity index (χ0) is 12.1. The highest BCUT2D eigenvalue weighted by molar-refractivity contribution is 9.10. The second-order valence-corrected chi connectivity index (χ2v) is 5.37. The van der Waals surface area contributed by atoms with E-state index >= 15 is 0 Å². The van der Waals surface area contributed by atoms with Gasteiger partial charge in [-0.3, -0.25) is 0 Å². The average Bonchev–Trinajstić information content (AvgIpc) is 2.71. The van der Waals surface area contributed by atoms with Crippen LogP contribution in [0, 0.1) is 6.92 Å². The second-order valence-electron chi connectivity index (χ2n) is 3.41. The van der Waals surface area contributed by atoms with Crippen molar-refractivity contribution in [2.24, 2.45) is 0 Å². The monoisotopic (exact) mass is 313 g/mol. The first-order valence-electron chi connectivity index (χ1n) is 5.17. The number of halogens is 1. The molecule has 0 atom stereocenters. The molecular formula is C12H12BrNO2S. The smallest absolute Gasteiger partial charge is 0.255 e. The highest BCUT2D eigenvalue weighted by Crippen LogP contribution is 2.19. The molecule has 0 saturated heterocycles. The van der Waals surface area contributed by atoms with Crippen molar-refractivity contribution < 1.29 is 9.15 Å². The Morgan fingerprint density at radius 2 is 2.35 bits per heavy atom. The van der Waals surface area contributed by atoms with E-state index in [0.29, 0.717) is 11.8 Å². The van der Waals surface area contributed by atoms with E-state index in [-0.39, 0.29) is 0 Å². The van der Waals surface area contributed by atoms with Crippen LogP contribution in [0.4, 0.5) is 0 Å². The van der Waals surface area contributed by atoms with Crippen LogP contribution in [0.15, 0.2) is 44.6 Å². The molecule has 0 saturated carbocycles. The SMILES string of the molecule is Cc1coc(SCCOc2cccc(Br)c2)n1. The fraction of sp³-hybridized carbons (Fsp3) is 0.250. The summed E-state index contributed by atoms with van der Waals surface area (Å²) in [4.78, 5) is 4.20. The first-order chi connectivity index (χ1) is 8.24. The maximum atomic E-state index is 5.60. The number of oxazole rings is 1. The Morgan fingerprint density at radius 1 is 1.47 bits per heavy atom. The third kappa shape index (κ3) is 4.09. The topological polar surface area (TPSA) is 35.3 Å². The first-order valence-corrected chi connectivity index (χ1v) is 6.95. The van der Waals surface area contributed by atoms with E-state index in [9.17, 15) is 0 Å². The zero-order valence-electron chi connectivity index (χ0n) is 9.35. The van der Waals surface area contributed by atoms with Crippen molar-refractivity contribution in [3.8, 4) is 5.75 Å². The number of nitrogens with zero attached hydrogens (tertiary/aromatic N) is 1. The standard InChI is InChI=1S/C12H12BrNO2S/c1-9-8-16-12(14-9)17-6-5-15-11-4-2-3-10(13)7-11/h2-4,7-8H,5-6H2,1H3. The number of rotatable bonds is 5. The van der Waals surface area contributed by atoms with Gasteiger partial charge in [-0.1, -0.05) is 33.8 Å². The normalized spacial score (nSPS) is 10.5. The molecule has 1 heterocycles. The van der Waals surface area contributed by atoms with E-state index in [4.69, 9.17) is 9.15 Å². The molecule has 1 aromatic heterocycles. The lowest BCUT2D eigenvalue weighted by atomic mass is 10.3. The fourth-order valence-electron chi connectivity index (χ4n) is 1.24. The van der Waals surface area contributed by atoms with E-state index in [2.05, 4.69) is 20.9 Å². The molecular weight excluding hydrogens is 302 g/mol. The van der Waals surface area contributed by atoms with Crippen LogP contribution < -0.4 is 4.74 Å². The molecule has 0 bridgehead atoms. The van der Waals surface area contributed by atoms with Crippen LogP contribution in [0.3, 0.4) is 0 Å². The molecule has 90 valence electrons. The van der Waals surface area contributed by atoms with Gasteiger partial charge < -0.3 is 9.15 Å². The van der Waals surface area contributed by atoms with E-state index in [0.717, 1.165) is 21.7 Å². The summed E-state index contributed by atoms with van der Waals surface area (Å²) in [6, 6.07) is 7.80. The van der Waals surface area contributed by atoms with Crippen LogP contribution >= 0.6 is 27.7 Å². The van der Waals surface area contributed by atoms with Gasteiger partial charge >= 0.3 is 0 Å². The molecule has 2 rings (SSSR count). The van der Waals surface area contributed by atoms with Gasteiger partial charge in [0.1, 0.15) is 12.0 Å². The molecule has 0 aliphatic carbocycles. The lowest BCUT2D eigenvalue weighted by Gasteiger charge is -2.04. The Hall–Kier alpha value is -0.940. The lowest BCUT2D eigenvalue weighted by molar-refractivity contribution is 0.343. The maximum Gasteiger partial charge on any atom is 0.255 e. The molecule has 0 unspecified atom stereocenters. The molecule has 0 aliphatic heterocycles. The number of hydrogen-bond acceptors (Lipinski definition) is 4. The Labute approximate surface area is 113 Å². The number of aryl methyl sites for hydroxylation is 1. The van der Waals surface area contributed by atoms with Gasteiger partial charge in [-0.2, -0.15) is 0 Å². The Balaban J connectivity index is 1.73. The van der Waals surface area contributed by atoms with Crippen LogP contribution in [0.1, 0.15) is 5.69 Å². The van der Waals surface area contributed by atoms with Crippen molar-refractivity contribution in [2.45, 2.75) is 12.1 Å². The summed E-state index contributed by atoms with van der Waals surface area (Å²) in [6.45, 7) is 2.54. The molecule has 0 aliphatic rings. The molecule has 0 N–H and O–H groups in total. The molecule has 17 heavy (non-hydrogen) atoms. The van der Waals surface area contributed by atoms with Crippen LogP contribution in [0.2, 0.25) is 0 Å². The number of hydrogen-bond donors (Lipinski definition) is 0. The third-order valence-corrected chi connectivity index (χ3v) is 3.27. The molecule has 3 nitrogen and oxygen atoms in total. The predicted octanol–water partition coefficient (Wildman–Crippen LogP) is 3.92. The summed E-state index contributed by atoms with van der Waals surface area (Å²) in [5, 5.41) is 0.695. The van der Waals surface area contributed by atoms with Crippen LogP contribution in [0.5, 0.6) is 5.75 Å². The van der Waals surface area contributed by atoms with Gasteiger partial charge in [-0.05, 0) is 25.1 Å². The quantitative estimate of drug-likeness (QED) is 0.619. The van der Waals surface area contributed by atoms with Crippen LogP contribution in [-0.2, 0) is 0 Å². The Kier molecular flexibility index (Phi) is 4.50. The van der Waals surface area contributed by atoms with Gasteiger partial charge in [0.15, 0.2) is 0 Å². The number of benzene rings is 1. The molecule has 0 radical (unpaired) electrons. The van der Waals surface area contributed by atoms with Crippen molar-refractivity contribution in [1.29, 1.82) is 0 Å². The minimum atomic E-state index is 0.628. The number of aromatic nitrogens is 1. The predicted molar refractivity (Wildman–Crippen MR) is 71.6 cm³/mol. The van der Waals surface area contributed by atoms with E-state index < -0.39 is 0 Å². The molecule has 0 amide bonds. The highest BCUT2D eigenvalue weighted by atomic mass is 79.9. The van der Waals surface area contributed by atoms with Gasteiger partial charge in [-0.25, -0.2) is 4.98 Å². The summed E-state index contributed by atoms with van der Waals surface area (Å²) in [5.74, 6) is 1.68. The van der Waals surface area contributed by atoms with Crippen molar-refractivity contribution >= 4 is 27.7 Å². The summed E-state index contributed by atoms with van der Waals surface area (Å²) in [6.07, 6.45) is 1.65. The number of ether oxygens (including phenoxy) is 1. The van der Waals surface area contributed by atoms with Gasteiger partial charge in [-0.15, -0.1) is 0 Å². The summed E-state index contributed by atoms with van der Waals surface area (Å²) in [5.41, 5.74) is 0.903. The lowest BCUT2D eigenvalue weighted by Crippen LogP contribution is -1.99.